The van der Waals surface area contributed by atoms with Crippen molar-refractivity contribution < 1.29 is 4.79 Å². The number of nitrogens with zero attached hydrogens (tertiary/aromatic N) is 3. The molecule has 0 aromatic carbocycles. The Morgan fingerprint density at radius 1 is 1.45 bits per heavy atom. The van der Waals surface area contributed by atoms with E-state index in [0.29, 0.717) is 5.69 Å². The molecule has 3 N–H and O–H groups in total. The molecule has 1 aromatic rings. The number of carbonyl (C=O) groups excluding carboxylic acids is 1. The first-order valence-corrected chi connectivity index (χ1v) is 6.75. The first kappa shape index (κ1) is 14.3. The van der Waals surface area contributed by atoms with Gasteiger partial charge < -0.3 is 15.5 Å². The molecule has 20 heavy (non-hydrogen) atoms. The fourth-order valence-electron chi connectivity index (χ4n) is 2.41. The fourth-order valence-corrected chi connectivity index (χ4v) is 2.41. The third kappa shape index (κ3) is 3.07. The van der Waals surface area contributed by atoms with Gasteiger partial charge in [0.15, 0.2) is 0 Å². The summed E-state index contributed by atoms with van der Waals surface area (Å²) in [4.78, 5) is 19.8. The summed E-state index contributed by atoms with van der Waals surface area (Å²) >= 11 is 0. The van der Waals surface area contributed by atoms with Gasteiger partial charge in [0.25, 0.3) is 5.91 Å². The molecule has 6 heteroatoms. The topological polar surface area (TPSA) is 86.3 Å². The molecule has 108 valence electrons. The Morgan fingerprint density at radius 3 is 2.65 bits per heavy atom. The molecule has 2 rings (SSSR count). The van der Waals surface area contributed by atoms with E-state index in [0.717, 1.165) is 31.6 Å². The largest absolute Gasteiger partial charge is 0.387 e. The Kier molecular flexibility index (Phi) is 4.22. The van der Waals surface area contributed by atoms with Crippen LogP contribution in [0, 0.1) is 11.3 Å². The number of piperidine rings is 1. The molecular formula is C14H21N5O. The van der Waals surface area contributed by atoms with E-state index in [1.807, 2.05) is 12.1 Å². The van der Waals surface area contributed by atoms with E-state index < -0.39 is 0 Å². The number of rotatable bonds is 3. The summed E-state index contributed by atoms with van der Waals surface area (Å²) in [6.45, 7) is 1.70. The minimum atomic E-state index is -0.0922. The third-order valence-corrected chi connectivity index (χ3v) is 3.67. The quantitative estimate of drug-likeness (QED) is 0.635. The van der Waals surface area contributed by atoms with Crippen LogP contribution < -0.4 is 10.6 Å². The molecule has 0 radical (unpaired) electrons. The zero-order chi connectivity index (χ0) is 14.7. The number of hydrogen-bond acceptors (Lipinski definition) is 4. The second-order valence-electron chi connectivity index (χ2n) is 5.32. The van der Waals surface area contributed by atoms with Gasteiger partial charge in [-0.05, 0) is 25.0 Å². The molecule has 1 fully saturated rings. The van der Waals surface area contributed by atoms with Gasteiger partial charge in [-0.15, -0.1) is 0 Å². The van der Waals surface area contributed by atoms with Crippen LogP contribution in [0.5, 0.6) is 0 Å². The van der Waals surface area contributed by atoms with Crippen molar-refractivity contribution in [2.24, 2.45) is 11.7 Å². The minimum Gasteiger partial charge on any atom is -0.387 e. The third-order valence-electron chi connectivity index (χ3n) is 3.67. The van der Waals surface area contributed by atoms with Gasteiger partial charge in [-0.1, -0.05) is 0 Å². The van der Waals surface area contributed by atoms with Crippen LogP contribution in [-0.2, 0) is 0 Å². The molecule has 1 aromatic heterocycles. The lowest BCUT2D eigenvalue weighted by atomic mass is 9.95. The van der Waals surface area contributed by atoms with Crippen LogP contribution in [0.3, 0.4) is 0 Å². The van der Waals surface area contributed by atoms with Gasteiger partial charge in [0.1, 0.15) is 5.69 Å². The lowest BCUT2D eigenvalue weighted by Gasteiger charge is -2.33. The van der Waals surface area contributed by atoms with Crippen molar-refractivity contribution in [3.8, 4) is 0 Å². The van der Waals surface area contributed by atoms with Crippen molar-refractivity contribution in [1.29, 1.82) is 5.41 Å². The Labute approximate surface area is 119 Å². The highest BCUT2D eigenvalue weighted by molar-refractivity contribution is 5.92. The van der Waals surface area contributed by atoms with Crippen molar-refractivity contribution in [2.75, 3.05) is 32.1 Å². The maximum Gasteiger partial charge on any atom is 0.272 e. The van der Waals surface area contributed by atoms with Crippen LogP contribution in [0.1, 0.15) is 23.3 Å². The Hall–Kier alpha value is -2.11. The summed E-state index contributed by atoms with van der Waals surface area (Å²) in [7, 11) is 3.43. The predicted molar refractivity (Wildman–Crippen MR) is 79.1 cm³/mol. The summed E-state index contributed by atoms with van der Waals surface area (Å²) in [5, 5.41) is 7.50. The second kappa shape index (κ2) is 5.90. The van der Waals surface area contributed by atoms with Crippen molar-refractivity contribution in [3.63, 3.8) is 0 Å². The van der Waals surface area contributed by atoms with Gasteiger partial charge in [0, 0.05) is 45.0 Å². The number of amides is 1. The van der Waals surface area contributed by atoms with Gasteiger partial charge in [-0.2, -0.15) is 0 Å². The van der Waals surface area contributed by atoms with Crippen molar-refractivity contribution in [1.82, 2.24) is 9.88 Å². The number of aromatic nitrogens is 1. The van der Waals surface area contributed by atoms with Crippen LogP contribution in [0.2, 0.25) is 0 Å². The van der Waals surface area contributed by atoms with Crippen LogP contribution >= 0.6 is 0 Å². The number of amidine groups is 1. The number of pyridine rings is 1. The van der Waals surface area contributed by atoms with Crippen LogP contribution in [0.4, 0.5) is 5.69 Å². The Bertz CT molecular complexity index is 506. The molecule has 0 saturated carbocycles. The highest BCUT2D eigenvalue weighted by Gasteiger charge is 2.22. The van der Waals surface area contributed by atoms with E-state index in [1.165, 1.54) is 4.90 Å². The highest BCUT2D eigenvalue weighted by Crippen LogP contribution is 2.23. The van der Waals surface area contributed by atoms with Gasteiger partial charge in [0.05, 0.1) is 5.84 Å². The van der Waals surface area contributed by atoms with Gasteiger partial charge in [-0.25, -0.2) is 0 Å². The van der Waals surface area contributed by atoms with E-state index in [9.17, 15) is 4.79 Å². The molecule has 0 atom stereocenters. The van der Waals surface area contributed by atoms with E-state index in [4.69, 9.17) is 11.1 Å². The molecule has 0 spiro atoms. The molecule has 2 heterocycles. The van der Waals surface area contributed by atoms with E-state index in [-0.39, 0.29) is 17.7 Å². The number of anilines is 1. The first-order chi connectivity index (χ1) is 9.49. The maximum absolute atomic E-state index is 11.9. The summed E-state index contributed by atoms with van der Waals surface area (Å²) in [5.41, 5.74) is 7.02. The number of carbonyl (C=O) groups is 1. The second-order valence-corrected chi connectivity index (χ2v) is 5.32. The zero-order valence-corrected chi connectivity index (χ0v) is 12.0. The molecule has 6 nitrogen and oxygen atoms in total. The predicted octanol–water partition coefficient (Wildman–Crippen LogP) is 0.936. The monoisotopic (exact) mass is 275 g/mol. The van der Waals surface area contributed by atoms with Gasteiger partial charge in [-0.3, -0.25) is 15.2 Å². The maximum atomic E-state index is 11.9. The van der Waals surface area contributed by atoms with E-state index in [1.54, 1.807) is 20.3 Å². The normalized spacial score (nSPS) is 16.0. The molecule has 1 aliphatic rings. The Morgan fingerprint density at radius 2 is 2.10 bits per heavy atom. The molecule has 1 amide bonds. The number of hydrogen-bond donors (Lipinski definition) is 2. The zero-order valence-electron chi connectivity index (χ0n) is 12.0. The molecule has 0 unspecified atom stereocenters. The summed E-state index contributed by atoms with van der Waals surface area (Å²) in [6, 6.07) is 3.75. The minimum absolute atomic E-state index is 0.0922. The van der Waals surface area contributed by atoms with Crippen LogP contribution in [-0.4, -0.2) is 48.8 Å². The molecule has 1 saturated heterocycles. The smallest absolute Gasteiger partial charge is 0.272 e. The molecular weight excluding hydrogens is 254 g/mol. The first-order valence-electron chi connectivity index (χ1n) is 6.75. The van der Waals surface area contributed by atoms with Gasteiger partial charge in [0.2, 0.25) is 0 Å². The van der Waals surface area contributed by atoms with E-state index in [2.05, 4.69) is 9.88 Å². The van der Waals surface area contributed by atoms with Gasteiger partial charge >= 0.3 is 0 Å². The number of nitrogens with one attached hydrogen (secondary N) is 1. The highest BCUT2D eigenvalue weighted by atomic mass is 16.2. The lowest BCUT2D eigenvalue weighted by Crippen LogP contribution is -2.38. The number of nitrogens with two attached hydrogens (primary N) is 1. The Balaban J connectivity index is 2.09. The van der Waals surface area contributed by atoms with Crippen molar-refractivity contribution in [2.45, 2.75) is 12.8 Å². The molecule has 0 aliphatic carbocycles. The standard InChI is InChI=1S/C14H21N5O/c1-18(2)14(20)12-9-11(3-6-17-12)19-7-4-10(5-8-19)13(15)16/h3,6,9-10H,4-5,7-8H2,1-2H3,(H3,15,16). The van der Waals surface area contributed by atoms with Crippen LogP contribution in [0.15, 0.2) is 18.3 Å². The fraction of sp³-hybridized carbons (Fsp3) is 0.500. The average molecular weight is 275 g/mol. The van der Waals surface area contributed by atoms with Crippen molar-refractivity contribution >= 4 is 17.4 Å². The lowest BCUT2D eigenvalue weighted by molar-refractivity contribution is 0.0822. The molecule has 0 bridgehead atoms. The molecule has 1 aliphatic heterocycles. The summed E-state index contributed by atoms with van der Waals surface area (Å²) in [5.74, 6) is 0.379. The summed E-state index contributed by atoms with van der Waals surface area (Å²) < 4.78 is 0. The summed E-state index contributed by atoms with van der Waals surface area (Å²) in [6.07, 6.45) is 3.44. The SMILES string of the molecule is CN(C)C(=O)c1cc(N2CCC(C(=N)N)CC2)ccn1. The van der Waals surface area contributed by atoms with Crippen molar-refractivity contribution in [3.05, 3.63) is 24.0 Å². The van der Waals surface area contributed by atoms with E-state index >= 15 is 0 Å². The average Bonchev–Trinajstić information content (AvgIpc) is 2.46. The van der Waals surface area contributed by atoms with Crippen LogP contribution in [0.25, 0.3) is 0 Å².